The molecule has 7 nitrogen and oxygen atoms in total. The molecule has 2 N–H and O–H groups in total. The van der Waals surface area contributed by atoms with Crippen LogP contribution >= 0.6 is 0 Å². The third-order valence-electron chi connectivity index (χ3n) is 4.00. The van der Waals surface area contributed by atoms with Crippen LogP contribution < -0.4 is 10.0 Å². The van der Waals surface area contributed by atoms with Gasteiger partial charge in [0.15, 0.2) is 6.10 Å². The standard InChI is InChI=1S/C19H20N2O5S/c1-13(18(22)20-15-9-10-15)26-19(23)14-7-11-17(12-8-14)27(24,25)21-16-5-3-2-4-6-16/h2-8,11-13,15,21H,9-10H2,1H3,(H,20,22)/t13-/m0/s1. The van der Waals surface area contributed by atoms with Crippen molar-refractivity contribution in [3.8, 4) is 0 Å². The van der Waals surface area contributed by atoms with Crippen molar-refractivity contribution in [1.82, 2.24) is 5.32 Å². The smallest absolute Gasteiger partial charge is 0.338 e. The molecule has 0 unspecified atom stereocenters. The molecule has 1 amide bonds. The third kappa shape index (κ3) is 5.07. The first-order chi connectivity index (χ1) is 12.8. The van der Waals surface area contributed by atoms with E-state index in [0.29, 0.717) is 5.69 Å². The largest absolute Gasteiger partial charge is 0.449 e. The van der Waals surface area contributed by atoms with Gasteiger partial charge in [-0.05, 0) is 56.2 Å². The molecule has 0 radical (unpaired) electrons. The minimum absolute atomic E-state index is 0.0161. The van der Waals surface area contributed by atoms with Gasteiger partial charge in [-0.3, -0.25) is 9.52 Å². The van der Waals surface area contributed by atoms with Crippen molar-refractivity contribution in [1.29, 1.82) is 0 Å². The number of esters is 1. The van der Waals surface area contributed by atoms with E-state index in [1.165, 1.54) is 31.2 Å². The molecule has 1 fully saturated rings. The SMILES string of the molecule is C[C@H](OC(=O)c1ccc(S(=O)(=O)Nc2ccccc2)cc1)C(=O)NC1CC1. The van der Waals surface area contributed by atoms with Crippen LogP contribution in [0.2, 0.25) is 0 Å². The lowest BCUT2D eigenvalue weighted by Gasteiger charge is -2.13. The van der Waals surface area contributed by atoms with Gasteiger partial charge in [0.1, 0.15) is 0 Å². The van der Waals surface area contributed by atoms with E-state index in [-0.39, 0.29) is 22.4 Å². The van der Waals surface area contributed by atoms with Gasteiger partial charge in [0, 0.05) is 11.7 Å². The minimum atomic E-state index is -3.77. The molecule has 0 aliphatic heterocycles. The Labute approximate surface area is 157 Å². The molecule has 2 aromatic rings. The maximum atomic E-state index is 12.4. The van der Waals surface area contributed by atoms with Crippen LogP contribution in [0.1, 0.15) is 30.1 Å². The van der Waals surface area contributed by atoms with Gasteiger partial charge in [-0.2, -0.15) is 0 Å². The molecule has 27 heavy (non-hydrogen) atoms. The van der Waals surface area contributed by atoms with Crippen LogP contribution in [0.4, 0.5) is 5.69 Å². The quantitative estimate of drug-likeness (QED) is 0.709. The molecule has 0 spiro atoms. The molecule has 0 aromatic heterocycles. The predicted molar refractivity (Wildman–Crippen MR) is 99.7 cm³/mol. The highest BCUT2D eigenvalue weighted by molar-refractivity contribution is 7.92. The third-order valence-corrected chi connectivity index (χ3v) is 5.40. The summed E-state index contributed by atoms with van der Waals surface area (Å²) in [6.45, 7) is 1.50. The first-order valence-corrected chi connectivity index (χ1v) is 10.0. The number of carbonyl (C=O) groups excluding carboxylic acids is 2. The van der Waals surface area contributed by atoms with E-state index in [2.05, 4.69) is 10.0 Å². The second-order valence-corrected chi connectivity index (χ2v) is 8.01. The summed E-state index contributed by atoms with van der Waals surface area (Å²) in [5.41, 5.74) is 0.608. The second-order valence-electron chi connectivity index (χ2n) is 6.33. The predicted octanol–water partition coefficient (Wildman–Crippen LogP) is 2.31. The van der Waals surface area contributed by atoms with Crippen LogP contribution in [0.5, 0.6) is 0 Å². The summed E-state index contributed by atoms with van der Waals surface area (Å²) < 4.78 is 32.3. The lowest BCUT2D eigenvalue weighted by Crippen LogP contribution is -2.37. The number of sulfonamides is 1. The van der Waals surface area contributed by atoms with Gasteiger partial charge in [0.2, 0.25) is 0 Å². The van der Waals surface area contributed by atoms with Crippen LogP contribution in [0.3, 0.4) is 0 Å². The number of hydrogen-bond acceptors (Lipinski definition) is 5. The number of carbonyl (C=O) groups is 2. The maximum Gasteiger partial charge on any atom is 0.338 e. The highest BCUT2D eigenvalue weighted by Gasteiger charge is 2.27. The van der Waals surface area contributed by atoms with Gasteiger partial charge in [-0.1, -0.05) is 18.2 Å². The van der Waals surface area contributed by atoms with Gasteiger partial charge >= 0.3 is 5.97 Å². The molecule has 142 valence electrons. The highest BCUT2D eigenvalue weighted by Crippen LogP contribution is 2.19. The molecule has 1 aliphatic rings. The molecule has 1 aliphatic carbocycles. The molecule has 1 atom stereocenters. The van der Waals surface area contributed by atoms with Crippen LogP contribution in [-0.2, 0) is 19.6 Å². The van der Waals surface area contributed by atoms with E-state index in [1.807, 2.05) is 0 Å². The highest BCUT2D eigenvalue weighted by atomic mass is 32.2. The topological polar surface area (TPSA) is 102 Å². The first kappa shape index (κ1) is 18.9. The van der Waals surface area contributed by atoms with Crippen molar-refractivity contribution in [3.05, 3.63) is 60.2 Å². The number of amides is 1. The van der Waals surface area contributed by atoms with Crippen molar-refractivity contribution < 1.29 is 22.7 Å². The van der Waals surface area contributed by atoms with Crippen molar-refractivity contribution in [2.45, 2.75) is 36.8 Å². The van der Waals surface area contributed by atoms with Crippen LogP contribution in [0.25, 0.3) is 0 Å². The van der Waals surface area contributed by atoms with Gasteiger partial charge in [0.25, 0.3) is 15.9 Å². The number of hydrogen-bond donors (Lipinski definition) is 2. The maximum absolute atomic E-state index is 12.4. The monoisotopic (exact) mass is 388 g/mol. The lowest BCUT2D eigenvalue weighted by atomic mass is 10.2. The molecular weight excluding hydrogens is 368 g/mol. The molecule has 8 heteroatoms. The van der Waals surface area contributed by atoms with Crippen molar-refractivity contribution >= 4 is 27.6 Å². The average Bonchev–Trinajstić information content (AvgIpc) is 3.46. The summed E-state index contributed by atoms with van der Waals surface area (Å²) in [5.74, 6) is -1.02. The summed E-state index contributed by atoms with van der Waals surface area (Å²) in [6.07, 6.45) is 0.972. The fraction of sp³-hybridized carbons (Fsp3) is 0.263. The van der Waals surface area contributed by atoms with E-state index in [4.69, 9.17) is 4.74 Å². The van der Waals surface area contributed by atoms with Crippen LogP contribution in [0, 0.1) is 0 Å². The number of para-hydroxylation sites is 1. The zero-order chi connectivity index (χ0) is 19.4. The summed E-state index contributed by atoms with van der Waals surface area (Å²) in [7, 11) is -3.77. The zero-order valence-corrected chi connectivity index (χ0v) is 15.5. The molecule has 2 aromatic carbocycles. The van der Waals surface area contributed by atoms with Gasteiger partial charge in [0.05, 0.1) is 10.5 Å². The normalized spacial score (nSPS) is 14.9. The Balaban J connectivity index is 1.63. The summed E-state index contributed by atoms with van der Waals surface area (Å²) in [6, 6.07) is 14.0. The Morgan fingerprint density at radius 3 is 2.26 bits per heavy atom. The molecule has 0 saturated heterocycles. The van der Waals surface area contributed by atoms with Crippen LogP contribution in [0.15, 0.2) is 59.5 Å². The second kappa shape index (κ2) is 7.79. The number of anilines is 1. The van der Waals surface area contributed by atoms with E-state index in [9.17, 15) is 18.0 Å². The number of ether oxygens (including phenoxy) is 1. The average molecular weight is 388 g/mol. The minimum Gasteiger partial charge on any atom is -0.449 e. The molecule has 3 rings (SSSR count). The molecule has 0 heterocycles. The van der Waals surface area contributed by atoms with E-state index in [0.717, 1.165) is 12.8 Å². The Bertz CT molecular complexity index is 922. The van der Waals surface area contributed by atoms with Gasteiger partial charge < -0.3 is 10.1 Å². The summed E-state index contributed by atoms with van der Waals surface area (Å²) in [4.78, 5) is 24.0. The van der Waals surface area contributed by atoms with E-state index >= 15 is 0 Å². The van der Waals surface area contributed by atoms with Crippen molar-refractivity contribution in [2.24, 2.45) is 0 Å². The molecule has 0 bridgehead atoms. The summed E-state index contributed by atoms with van der Waals surface area (Å²) in [5, 5.41) is 2.76. The van der Waals surface area contributed by atoms with Gasteiger partial charge in [-0.15, -0.1) is 0 Å². The number of nitrogens with one attached hydrogen (secondary N) is 2. The number of rotatable bonds is 7. The van der Waals surface area contributed by atoms with Crippen LogP contribution in [-0.4, -0.2) is 32.4 Å². The summed E-state index contributed by atoms with van der Waals surface area (Å²) >= 11 is 0. The fourth-order valence-electron chi connectivity index (χ4n) is 2.32. The Morgan fingerprint density at radius 1 is 1.04 bits per heavy atom. The Kier molecular flexibility index (Phi) is 5.46. The number of benzene rings is 2. The zero-order valence-electron chi connectivity index (χ0n) is 14.7. The fourth-order valence-corrected chi connectivity index (χ4v) is 3.38. The first-order valence-electron chi connectivity index (χ1n) is 8.54. The van der Waals surface area contributed by atoms with Gasteiger partial charge in [-0.25, -0.2) is 13.2 Å². The molecule has 1 saturated carbocycles. The van der Waals surface area contributed by atoms with Crippen molar-refractivity contribution in [3.63, 3.8) is 0 Å². The lowest BCUT2D eigenvalue weighted by molar-refractivity contribution is -0.129. The Morgan fingerprint density at radius 2 is 1.67 bits per heavy atom. The molecular formula is C19H20N2O5S. The Hall–Kier alpha value is -2.87. The van der Waals surface area contributed by atoms with E-state index < -0.39 is 22.1 Å². The van der Waals surface area contributed by atoms with E-state index in [1.54, 1.807) is 30.3 Å². The van der Waals surface area contributed by atoms with Crippen molar-refractivity contribution in [2.75, 3.05) is 4.72 Å².